The maximum atomic E-state index is 11.0. The van der Waals surface area contributed by atoms with Crippen molar-refractivity contribution in [3.8, 4) is 5.75 Å². The Hall–Kier alpha value is -1.71. The monoisotopic (exact) mass is 251 g/mol. The summed E-state index contributed by atoms with van der Waals surface area (Å²) in [5, 5.41) is 2.65. The summed E-state index contributed by atoms with van der Waals surface area (Å²) >= 11 is 0. The van der Waals surface area contributed by atoms with E-state index in [2.05, 4.69) is 10.1 Å². The van der Waals surface area contributed by atoms with Crippen molar-refractivity contribution in [2.75, 3.05) is 13.7 Å². The summed E-state index contributed by atoms with van der Waals surface area (Å²) in [5.74, 6) is 0.858. The minimum atomic E-state index is -0.413. The highest BCUT2D eigenvalue weighted by molar-refractivity contribution is 5.66. The van der Waals surface area contributed by atoms with Crippen molar-refractivity contribution < 1.29 is 14.3 Å². The van der Waals surface area contributed by atoms with Gasteiger partial charge < -0.3 is 14.8 Å². The number of alkyl carbamates (subject to hydrolysis) is 1. The zero-order chi connectivity index (χ0) is 13.6. The van der Waals surface area contributed by atoms with E-state index in [1.54, 1.807) is 0 Å². The van der Waals surface area contributed by atoms with Crippen LogP contribution in [-0.4, -0.2) is 25.3 Å². The first kappa shape index (κ1) is 14.4. The van der Waals surface area contributed by atoms with Crippen molar-refractivity contribution in [1.29, 1.82) is 0 Å². The Morgan fingerprint density at radius 3 is 2.56 bits per heavy atom. The molecule has 0 aliphatic carbocycles. The van der Waals surface area contributed by atoms with Gasteiger partial charge in [0, 0.05) is 6.54 Å². The fourth-order valence-corrected chi connectivity index (χ4v) is 1.51. The molecule has 0 bridgehead atoms. The molecule has 1 amide bonds. The van der Waals surface area contributed by atoms with Crippen molar-refractivity contribution in [2.45, 2.75) is 32.8 Å². The molecule has 1 aromatic carbocycles. The Morgan fingerprint density at radius 1 is 1.28 bits per heavy atom. The summed E-state index contributed by atoms with van der Waals surface area (Å²) in [5.41, 5.74) is 0.843. The molecule has 0 aromatic heterocycles. The Kier molecular flexibility index (Phi) is 5.01. The van der Waals surface area contributed by atoms with Crippen LogP contribution in [0, 0.1) is 0 Å². The first-order valence-electron chi connectivity index (χ1n) is 6.01. The third kappa shape index (κ3) is 5.08. The lowest BCUT2D eigenvalue weighted by Gasteiger charge is -2.23. The molecule has 0 fully saturated rings. The Balaban J connectivity index is 2.62. The molecule has 1 rings (SSSR count). The van der Waals surface area contributed by atoms with Crippen LogP contribution in [0.4, 0.5) is 4.79 Å². The van der Waals surface area contributed by atoms with Gasteiger partial charge in [0.1, 0.15) is 11.4 Å². The second kappa shape index (κ2) is 6.28. The number of rotatable bonds is 4. The van der Waals surface area contributed by atoms with Gasteiger partial charge in [0.05, 0.1) is 7.11 Å². The molecule has 0 aliphatic heterocycles. The Morgan fingerprint density at radius 2 is 1.94 bits per heavy atom. The third-order valence-electron chi connectivity index (χ3n) is 2.24. The van der Waals surface area contributed by atoms with Crippen LogP contribution < -0.4 is 10.1 Å². The number of carbonyl (C=O) groups excluding carboxylic acids is 1. The molecule has 0 saturated carbocycles. The minimum absolute atomic E-state index is 0.230. The summed E-state index contributed by atoms with van der Waals surface area (Å²) in [6.07, 6.45) is 0.297. The summed E-state index contributed by atoms with van der Waals surface area (Å²) < 4.78 is 10.4. The molecular formula is C14H21NO3. The topological polar surface area (TPSA) is 47.6 Å². The Labute approximate surface area is 108 Å². The van der Waals surface area contributed by atoms with Crippen LogP contribution in [0.3, 0.4) is 0 Å². The smallest absolute Gasteiger partial charge is 0.406 e. The number of benzene rings is 1. The first-order valence-corrected chi connectivity index (χ1v) is 6.01. The van der Waals surface area contributed by atoms with E-state index in [9.17, 15) is 4.79 Å². The summed E-state index contributed by atoms with van der Waals surface area (Å²) in [6.45, 7) is 6.56. The fourth-order valence-electron chi connectivity index (χ4n) is 1.51. The zero-order valence-electron chi connectivity index (χ0n) is 11.4. The number of hydrogen-bond acceptors (Lipinski definition) is 3. The number of methoxy groups -OCH3 is 1. The molecule has 0 spiro atoms. The van der Waals surface area contributed by atoms with Gasteiger partial charge >= 0.3 is 6.09 Å². The van der Waals surface area contributed by atoms with Gasteiger partial charge in [0.25, 0.3) is 0 Å². The van der Waals surface area contributed by atoms with Gasteiger partial charge in [0.2, 0.25) is 0 Å². The van der Waals surface area contributed by atoms with Gasteiger partial charge in [-0.25, -0.2) is 4.79 Å². The second-order valence-corrected chi connectivity index (χ2v) is 4.99. The van der Waals surface area contributed by atoms with E-state index in [0.717, 1.165) is 11.3 Å². The summed E-state index contributed by atoms with van der Waals surface area (Å²) in [6, 6.07) is 7.85. The standard InChI is InChI=1S/C14H21NO3/c1-14(2,3)18-12-8-6-5-7-11(12)9-10-15-13(16)17-4/h5-8H,9-10H2,1-4H3,(H,15,16). The van der Waals surface area contributed by atoms with Gasteiger partial charge in [-0.05, 0) is 38.8 Å². The molecule has 0 saturated heterocycles. The zero-order valence-corrected chi connectivity index (χ0v) is 11.4. The number of ether oxygens (including phenoxy) is 2. The van der Waals surface area contributed by atoms with Crippen LogP contribution in [0.15, 0.2) is 24.3 Å². The van der Waals surface area contributed by atoms with Crippen LogP contribution in [0.1, 0.15) is 26.3 Å². The van der Waals surface area contributed by atoms with E-state index < -0.39 is 6.09 Å². The number of amides is 1. The number of hydrogen-bond donors (Lipinski definition) is 1. The highest BCUT2D eigenvalue weighted by atomic mass is 16.5. The second-order valence-electron chi connectivity index (χ2n) is 4.99. The average molecular weight is 251 g/mol. The van der Waals surface area contributed by atoms with Gasteiger partial charge in [-0.1, -0.05) is 18.2 Å². The lowest BCUT2D eigenvalue weighted by molar-refractivity contribution is 0.129. The molecule has 0 atom stereocenters. The van der Waals surface area contributed by atoms with E-state index >= 15 is 0 Å². The highest BCUT2D eigenvalue weighted by Crippen LogP contribution is 2.23. The largest absolute Gasteiger partial charge is 0.488 e. The SMILES string of the molecule is COC(=O)NCCc1ccccc1OC(C)(C)C. The molecule has 4 heteroatoms. The third-order valence-corrected chi connectivity index (χ3v) is 2.24. The van der Waals surface area contributed by atoms with Crippen LogP contribution in [-0.2, 0) is 11.2 Å². The number of nitrogens with one attached hydrogen (secondary N) is 1. The van der Waals surface area contributed by atoms with E-state index in [-0.39, 0.29) is 5.60 Å². The molecule has 0 unspecified atom stereocenters. The molecule has 4 nitrogen and oxygen atoms in total. The average Bonchev–Trinajstić information content (AvgIpc) is 2.29. The van der Waals surface area contributed by atoms with E-state index in [1.165, 1.54) is 7.11 Å². The molecule has 18 heavy (non-hydrogen) atoms. The lowest BCUT2D eigenvalue weighted by atomic mass is 10.1. The van der Waals surface area contributed by atoms with E-state index in [1.807, 2.05) is 45.0 Å². The predicted octanol–water partition coefficient (Wildman–Crippen LogP) is 2.76. The first-order chi connectivity index (χ1) is 8.42. The minimum Gasteiger partial charge on any atom is -0.488 e. The van der Waals surface area contributed by atoms with Crippen LogP contribution in [0.5, 0.6) is 5.75 Å². The number of para-hydroxylation sites is 1. The van der Waals surface area contributed by atoms with Gasteiger partial charge in [0.15, 0.2) is 0 Å². The van der Waals surface area contributed by atoms with Gasteiger partial charge in [-0.2, -0.15) is 0 Å². The summed E-state index contributed by atoms with van der Waals surface area (Å²) in [7, 11) is 1.35. The van der Waals surface area contributed by atoms with Gasteiger partial charge in [-0.3, -0.25) is 0 Å². The van der Waals surface area contributed by atoms with Crippen LogP contribution in [0.2, 0.25) is 0 Å². The van der Waals surface area contributed by atoms with Crippen molar-refractivity contribution in [3.05, 3.63) is 29.8 Å². The maximum Gasteiger partial charge on any atom is 0.406 e. The molecule has 1 N–H and O–H groups in total. The fraction of sp³-hybridized carbons (Fsp3) is 0.500. The van der Waals surface area contributed by atoms with Crippen molar-refractivity contribution in [2.24, 2.45) is 0 Å². The Bertz CT molecular complexity index is 396. The molecule has 0 radical (unpaired) electrons. The van der Waals surface area contributed by atoms with E-state index in [4.69, 9.17) is 4.74 Å². The molecule has 0 heterocycles. The predicted molar refractivity (Wildman–Crippen MR) is 70.9 cm³/mol. The summed E-state index contributed by atoms with van der Waals surface area (Å²) in [4.78, 5) is 11.0. The lowest BCUT2D eigenvalue weighted by Crippen LogP contribution is -2.26. The van der Waals surface area contributed by atoms with Crippen molar-refractivity contribution >= 4 is 6.09 Å². The van der Waals surface area contributed by atoms with Crippen molar-refractivity contribution in [3.63, 3.8) is 0 Å². The van der Waals surface area contributed by atoms with Gasteiger partial charge in [-0.15, -0.1) is 0 Å². The van der Waals surface area contributed by atoms with Crippen LogP contribution in [0.25, 0.3) is 0 Å². The molecule has 1 aromatic rings. The van der Waals surface area contributed by atoms with Crippen LogP contribution >= 0.6 is 0 Å². The molecule has 100 valence electrons. The normalized spacial score (nSPS) is 10.9. The van der Waals surface area contributed by atoms with E-state index in [0.29, 0.717) is 13.0 Å². The maximum absolute atomic E-state index is 11.0. The highest BCUT2D eigenvalue weighted by Gasteiger charge is 2.14. The molecule has 0 aliphatic rings. The number of carbonyl (C=O) groups is 1. The molecular weight excluding hydrogens is 230 g/mol. The quantitative estimate of drug-likeness (QED) is 0.895. The van der Waals surface area contributed by atoms with Crippen molar-refractivity contribution in [1.82, 2.24) is 5.32 Å².